The van der Waals surface area contributed by atoms with Gasteiger partial charge in [0.15, 0.2) is 0 Å². The number of aromatic hydroxyl groups is 1. The predicted octanol–water partition coefficient (Wildman–Crippen LogP) is 5.67. The lowest BCUT2D eigenvalue weighted by atomic mass is 10.0. The molecule has 6 rings (SSSR count). The summed E-state index contributed by atoms with van der Waals surface area (Å²) in [6, 6.07) is 12.1. The van der Waals surface area contributed by atoms with Gasteiger partial charge < -0.3 is 29.3 Å². The molecule has 3 aliphatic rings. The highest BCUT2D eigenvalue weighted by atomic mass is 16.6. The lowest BCUT2D eigenvalue weighted by Gasteiger charge is -2.35. The highest BCUT2D eigenvalue weighted by Gasteiger charge is 2.33. The van der Waals surface area contributed by atoms with Crippen molar-refractivity contribution in [1.82, 2.24) is 14.9 Å². The van der Waals surface area contributed by atoms with Crippen LogP contribution in [0.5, 0.6) is 11.8 Å². The van der Waals surface area contributed by atoms with Gasteiger partial charge in [-0.1, -0.05) is 24.3 Å². The minimum Gasteiger partial charge on any atom is -0.508 e. The number of amides is 1. The van der Waals surface area contributed by atoms with Gasteiger partial charge in [-0.25, -0.2) is 4.79 Å². The highest BCUT2D eigenvalue weighted by Crippen LogP contribution is 2.37. The van der Waals surface area contributed by atoms with Crippen molar-refractivity contribution in [3.05, 3.63) is 47.7 Å². The summed E-state index contributed by atoms with van der Waals surface area (Å²) >= 11 is 0. The number of phenolic OH excluding ortho intramolecular Hbond substituents is 1. The van der Waals surface area contributed by atoms with Gasteiger partial charge in [-0.15, -0.1) is 0 Å². The van der Waals surface area contributed by atoms with Gasteiger partial charge >= 0.3 is 12.1 Å². The fraction of sp³-hybridized carbons (Fsp3) is 0.531. The number of anilines is 2. The number of rotatable bonds is 5. The first-order chi connectivity index (χ1) is 19.7. The highest BCUT2D eigenvalue weighted by molar-refractivity contribution is 5.95. The zero-order valence-electron chi connectivity index (χ0n) is 24.4. The molecule has 1 atom stereocenters. The number of piperidine rings is 1. The largest absolute Gasteiger partial charge is 0.508 e. The fourth-order valence-electron chi connectivity index (χ4n) is 6.30. The summed E-state index contributed by atoms with van der Waals surface area (Å²) in [5.41, 5.74) is 2.62. The minimum absolute atomic E-state index is 0.0712. The molecule has 218 valence electrons. The van der Waals surface area contributed by atoms with E-state index >= 15 is 0 Å². The summed E-state index contributed by atoms with van der Waals surface area (Å²) in [6.45, 7) is 10.1. The molecule has 2 aromatic carbocycles. The second-order valence-electron chi connectivity index (χ2n) is 12.4. The average molecular weight is 560 g/mol. The van der Waals surface area contributed by atoms with E-state index in [0.717, 1.165) is 79.7 Å². The van der Waals surface area contributed by atoms with Crippen molar-refractivity contribution in [2.75, 3.05) is 42.6 Å². The Labute approximate surface area is 242 Å². The van der Waals surface area contributed by atoms with Crippen LogP contribution in [-0.2, 0) is 17.7 Å². The number of carbonyl (C=O) groups is 1. The molecule has 4 heterocycles. The number of fused-ring (bicyclic) bond motifs is 2. The maximum absolute atomic E-state index is 12.8. The van der Waals surface area contributed by atoms with Crippen molar-refractivity contribution >= 4 is 28.4 Å². The van der Waals surface area contributed by atoms with E-state index in [1.165, 1.54) is 12.0 Å². The number of ether oxygens (including phenoxy) is 2. The number of nitrogens with zero attached hydrogens (tertiary/aromatic N) is 5. The maximum atomic E-state index is 12.8. The molecule has 3 aliphatic heterocycles. The number of phenols is 1. The molecule has 1 N–H and O–H groups in total. The average Bonchev–Trinajstić information content (AvgIpc) is 3.43. The standard InChI is InChI=1S/C32H41N5O4/c1-32(2,3)41-31(39)37-16-9-11-23(37)21-40-30-33-27-20-36(28-19-24(38)18-22-10-5-6-12-25(22)28)17-13-26(27)29(34-30)35-14-7-4-8-15-35/h5-6,10,12,18-19,23,38H,4,7-9,11,13-17,20-21H2,1-3H3/t23-/m0/s1. The number of hydrogen-bond donors (Lipinski definition) is 1. The van der Waals surface area contributed by atoms with E-state index in [-0.39, 0.29) is 17.9 Å². The first-order valence-corrected chi connectivity index (χ1v) is 15.0. The summed E-state index contributed by atoms with van der Waals surface area (Å²) < 4.78 is 11.9. The van der Waals surface area contributed by atoms with Gasteiger partial charge in [-0.05, 0) is 70.7 Å². The van der Waals surface area contributed by atoms with Crippen molar-refractivity contribution in [1.29, 1.82) is 0 Å². The van der Waals surface area contributed by atoms with E-state index in [4.69, 9.17) is 19.4 Å². The monoisotopic (exact) mass is 559 g/mol. The number of aromatic nitrogens is 2. The summed E-state index contributed by atoms with van der Waals surface area (Å²) in [5.74, 6) is 1.25. The second-order valence-corrected chi connectivity index (χ2v) is 12.4. The molecule has 0 saturated carbocycles. The van der Waals surface area contributed by atoms with Gasteiger partial charge in [0.2, 0.25) is 0 Å². The SMILES string of the molecule is CC(C)(C)OC(=O)N1CCC[C@H]1COc1nc2c(c(N3CCCCC3)n1)CCN(c1cc(O)cc3ccccc13)C2. The first kappa shape index (κ1) is 27.4. The molecule has 0 bridgehead atoms. The zero-order valence-corrected chi connectivity index (χ0v) is 24.4. The number of likely N-dealkylation sites (tertiary alicyclic amines) is 1. The number of hydrogen-bond acceptors (Lipinski definition) is 8. The summed E-state index contributed by atoms with van der Waals surface area (Å²) in [4.78, 5) is 29.2. The number of carbonyl (C=O) groups excluding carboxylic acids is 1. The van der Waals surface area contributed by atoms with Crippen molar-refractivity contribution < 1.29 is 19.4 Å². The van der Waals surface area contributed by atoms with Crippen LogP contribution < -0.4 is 14.5 Å². The van der Waals surface area contributed by atoms with Crippen LogP contribution >= 0.6 is 0 Å². The fourth-order valence-corrected chi connectivity index (χ4v) is 6.30. The van der Waals surface area contributed by atoms with Crippen molar-refractivity contribution in [2.45, 2.75) is 77.5 Å². The van der Waals surface area contributed by atoms with Crippen LogP contribution in [-0.4, -0.2) is 70.5 Å². The third-order valence-electron chi connectivity index (χ3n) is 8.25. The Hall–Kier alpha value is -3.75. The third-order valence-corrected chi connectivity index (χ3v) is 8.25. The molecule has 1 amide bonds. The molecule has 0 unspecified atom stereocenters. The van der Waals surface area contributed by atoms with E-state index in [2.05, 4.69) is 15.9 Å². The molecule has 0 spiro atoms. The minimum atomic E-state index is -0.539. The van der Waals surface area contributed by atoms with Gasteiger partial charge in [0, 0.05) is 48.9 Å². The van der Waals surface area contributed by atoms with Gasteiger partial charge in [0.25, 0.3) is 0 Å². The van der Waals surface area contributed by atoms with Crippen LogP contribution in [0.2, 0.25) is 0 Å². The molecule has 41 heavy (non-hydrogen) atoms. The Bertz CT molecular complexity index is 1420. The molecular weight excluding hydrogens is 518 g/mol. The Balaban J connectivity index is 1.27. The van der Waals surface area contributed by atoms with E-state index in [1.807, 2.05) is 51.1 Å². The molecule has 3 aromatic rings. The molecule has 0 radical (unpaired) electrons. The van der Waals surface area contributed by atoms with Crippen LogP contribution in [0.4, 0.5) is 16.3 Å². The molecule has 2 fully saturated rings. The molecule has 9 heteroatoms. The normalized spacial score (nSPS) is 19.4. The number of benzene rings is 2. The van der Waals surface area contributed by atoms with Crippen molar-refractivity contribution in [3.8, 4) is 11.8 Å². The maximum Gasteiger partial charge on any atom is 0.410 e. The molecule has 0 aliphatic carbocycles. The van der Waals surface area contributed by atoms with Crippen molar-refractivity contribution in [3.63, 3.8) is 0 Å². The lowest BCUT2D eigenvalue weighted by Crippen LogP contribution is -2.42. The third kappa shape index (κ3) is 5.99. The van der Waals surface area contributed by atoms with Gasteiger partial charge in [-0.2, -0.15) is 9.97 Å². The quantitative estimate of drug-likeness (QED) is 0.428. The predicted molar refractivity (Wildman–Crippen MR) is 160 cm³/mol. The second kappa shape index (κ2) is 11.3. The van der Waals surface area contributed by atoms with Crippen LogP contribution in [0.25, 0.3) is 10.8 Å². The summed E-state index contributed by atoms with van der Waals surface area (Å²) in [6.07, 6.45) is 5.87. The Morgan fingerprint density at radius 2 is 1.80 bits per heavy atom. The van der Waals surface area contributed by atoms with Crippen LogP contribution in [0.1, 0.15) is 64.1 Å². The molecule has 1 aromatic heterocycles. The molecule has 9 nitrogen and oxygen atoms in total. The smallest absolute Gasteiger partial charge is 0.410 e. The summed E-state index contributed by atoms with van der Waals surface area (Å²) in [7, 11) is 0. The summed E-state index contributed by atoms with van der Waals surface area (Å²) in [5, 5.41) is 12.6. The van der Waals surface area contributed by atoms with E-state index in [0.29, 0.717) is 25.7 Å². The van der Waals surface area contributed by atoms with E-state index in [1.54, 1.807) is 4.90 Å². The van der Waals surface area contributed by atoms with Gasteiger partial charge in [0.05, 0.1) is 18.3 Å². The lowest BCUT2D eigenvalue weighted by molar-refractivity contribution is 0.0183. The van der Waals surface area contributed by atoms with Crippen molar-refractivity contribution in [2.24, 2.45) is 0 Å². The zero-order chi connectivity index (χ0) is 28.6. The van der Waals surface area contributed by atoms with Crippen LogP contribution in [0.3, 0.4) is 0 Å². The van der Waals surface area contributed by atoms with Gasteiger partial charge in [-0.3, -0.25) is 0 Å². The van der Waals surface area contributed by atoms with Crippen LogP contribution in [0.15, 0.2) is 36.4 Å². The molecule has 2 saturated heterocycles. The van der Waals surface area contributed by atoms with Gasteiger partial charge in [0.1, 0.15) is 23.8 Å². The van der Waals surface area contributed by atoms with E-state index in [9.17, 15) is 9.90 Å². The van der Waals surface area contributed by atoms with Crippen LogP contribution in [0, 0.1) is 0 Å². The Kier molecular flexibility index (Phi) is 7.53. The van der Waals surface area contributed by atoms with E-state index < -0.39 is 5.60 Å². The Morgan fingerprint density at radius 3 is 2.61 bits per heavy atom. The molecular formula is C32H41N5O4. The first-order valence-electron chi connectivity index (χ1n) is 15.0. The Morgan fingerprint density at radius 1 is 1.00 bits per heavy atom. The topological polar surface area (TPSA) is 91.3 Å².